The maximum absolute atomic E-state index is 12.4. The maximum atomic E-state index is 12.4. The number of urea groups is 1. The third-order valence-electron chi connectivity index (χ3n) is 5.01. The van der Waals surface area contributed by atoms with E-state index >= 15 is 0 Å². The lowest BCUT2D eigenvalue weighted by Gasteiger charge is -2.36. The smallest absolute Gasteiger partial charge is 0.277 e. The second-order valence-electron chi connectivity index (χ2n) is 6.28. The van der Waals surface area contributed by atoms with Crippen LogP contribution in [-0.2, 0) is 9.59 Å². The van der Waals surface area contributed by atoms with Gasteiger partial charge in [-0.2, -0.15) is 0 Å². The van der Waals surface area contributed by atoms with E-state index in [0.29, 0.717) is 31.2 Å². The molecule has 0 aromatic carbocycles. The van der Waals surface area contributed by atoms with E-state index in [1.54, 1.807) is 0 Å². The summed E-state index contributed by atoms with van der Waals surface area (Å²) in [5.74, 6) is 0.268. The van der Waals surface area contributed by atoms with Gasteiger partial charge in [-0.05, 0) is 31.1 Å². The number of hydrogen-bond donors (Lipinski definition) is 1. The molecule has 19 heavy (non-hydrogen) atoms. The minimum atomic E-state index is -0.897. The first-order chi connectivity index (χ1) is 9.04. The van der Waals surface area contributed by atoms with Crippen LogP contribution in [0.4, 0.5) is 4.79 Å². The van der Waals surface area contributed by atoms with E-state index in [1.165, 1.54) is 24.2 Å². The van der Waals surface area contributed by atoms with Crippen molar-refractivity contribution in [2.24, 2.45) is 17.3 Å². The third-order valence-corrected chi connectivity index (χ3v) is 5.01. The van der Waals surface area contributed by atoms with E-state index in [-0.39, 0.29) is 5.91 Å². The first-order valence-electron chi connectivity index (χ1n) is 7.22. The van der Waals surface area contributed by atoms with Gasteiger partial charge in [0.2, 0.25) is 11.8 Å². The molecular formula is C14H20N2O3. The summed E-state index contributed by atoms with van der Waals surface area (Å²) in [6, 6.07) is -0.523. The number of hydrogen-bond acceptors (Lipinski definition) is 3. The summed E-state index contributed by atoms with van der Waals surface area (Å²) < 4.78 is 0. The number of imide groups is 2. The van der Waals surface area contributed by atoms with Gasteiger partial charge in [-0.15, -0.1) is 0 Å². The van der Waals surface area contributed by atoms with Crippen molar-refractivity contribution in [3.63, 3.8) is 0 Å². The van der Waals surface area contributed by atoms with Gasteiger partial charge in [0.15, 0.2) is 0 Å². The number of nitrogens with zero attached hydrogens (tertiary/aromatic N) is 1. The fourth-order valence-corrected chi connectivity index (χ4v) is 3.36. The molecule has 0 radical (unpaired) electrons. The van der Waals surface area contributed by atoms with Gasteiger partial charge in [0, 0.05) is 6.54 Å². The number of barbiturate groups is 1. The van der Waals surface area contributed by atoms with Gasteiger partial charge in [0.25, 0.3) is 0 Å². The van der Waals surface area contributed by atoms with E-state index in [4.69, 9.17) is 0 Å². The van der Waals surface area contributed by atoms with Gasteiger partial charge in [0.05, 0.1) is 0 Å². The Hall–Kier alpha value is -1.39. The summed E-state index contributed by atoms with van der Waals surface area (Å²) in [6.45, 7) is 2.66. The predicted octanol–water partition coefficient (Wildman–Crippen LogP) is 1.67. The maximum Gasteiger partial charge on any atom is 0.330 e. The Kier molecular flexibility index (Phi) is 2.87. The molecule has 3 fully saturated rings. The van der Waals surface area contributed by atoms with Gasteiger partial charge in [-0.1, -0.05) is 26.2 Å². The second-order valence-corrected chi connectivity index (χ2v) is 6.28. The monoisotopic (exact) mass is 264 g/mol. The highest BCUT2D eigenvalue weighted by Crippen LogP contribution is 2.49. The van der Waals surface area contributed by atoms with Crippen LogP contribution in [0.3, 0.4) is 0 Å². The van der Waals surface area contributed by atoms with Gasteiger partial charge >= 0.3 is 6.03 Å². The zero-order valence-electron chi connectivity index (χ0n) is 11.3. The fourth-order valence-electron chi connectivity index (χ4n) is 3.36. The van der Waals surface area contributed by atoms with Crippen molar-refractivity contribution in [1.29, 1.82) is 0 Å². The molecule has 0 aromatic heterocycles. The van der Waals surface area contributed by atoms with E-state index < -0.39 is 17.4 Å². The van der Waals surface area contributed by atoms with Crippen LogP contribution in [0.2, 0.25) is 0 Å². The summed E-state index contributed by atoms with van der Waals surface area (Å²) in [4.78, 5) is 37.3. The van der Waals surface area contributed by atoms with Gasteiger partial charge in [-0.3, -0.25) is 19.8 Å². The topological polar surface area (TPSA) is 66.5 Å². The quantitative estimate of drug-likeness (QED) is 0.771. The summed E-state index contributed by atoms with van der Waals surface area (Å²) in [7, 11) is 0. The zero-order chi connectivity index (χ0) is 13.6. The minimum Gasteiger partial charge on any atom is -0.277 e. The van der Waals surface area contributed by atoms with Crippen LogP contribution in [0.25, 0.3) is 0 Å². The largest absolute Gasteiger partial charge is 0.330 e. The molecular weight excluding hydrogens is 244 g/mol. The number of amides is 4. The van der Waals surface area contributed by atoms with Gasteiger partial charge < -0.3 is 0 Å². The molecule has 5 heteroatoms. The first kappa shape index (κ1) is 12.6. The molecule has 1 aliphatic heterocycles. The second kappa shape index (κ2) is 4.32. The Morgan fingerprint density at radius 3 is 2.53 bits per heavy atom. The highest BCUT2D eigenvalue weighted by molar-refractivity contribution is 6.20. The van der Waals surface area contributed by atoms with E-state index in [2.05, 4.69) is 12.2 Å². The standard InChI is InChI=1S/C14H20N2O3/c1-9-4-2-3-5-10(9)8-16-12(18)14(6-7-14)11(17)15-13(16)19/h9-10H,2-8H2,1H3,(H,15,17,19). The molecule has 0 bridgehead atoms. The average Bonchev–Trinajstić information content (AvgIpc) is 3.16. The van der Waals surface area contributed by atoms with Crippen molar-refractivity contribution in [1.82, 2.24) is 10.2 Å². The molecule has 2 saturated carbocycles. The minimum absolute atomic E-state index is 0.265. The molecule has 1 spiro atoms. The number of rotatable bonds is 2. The van der Waals surface area contributed by atoms with Crippen LogP contribution in [0.5, 0.6) is 0 Å². The molecule has 5 nitrogen and oxygen atoms in total. The van der Waals surface area contributed by atoms with Crippen LogP contribution >= 0.6 is 0 Å². The molecule has 1 heterocycles. The number of carbonyl (C=O) groups excluding carboxylic acids is 3. The normalized spacial score (nSPS) is 33.5. The van der Waals surface area contributed by atoms with E-state index in [9.17, 15) is 14.4 Å². The Morgan fingerprint density at radius 1 is 1.21 bits per heavy atom. The highest BCUT2D eigenvalue weighted by Gasteiger charge is 2.62. The molecule has 2 unspecified atom stereocenters. The van der Waals surface area contributed by atoms with Gasteiger partial charge in [-0.25, -0.2) is 4.79 Å². The molecule has 2 aliphatic carbocycles. The lowest BCUT2D eigenvalue weighted by Crippen LogP contribution is -2.60. The van der Waals surface area contributed by atoms with Crippen LogP contribution in [0.1, 0.15) is 45.4 Å². The Morgan fingerprint density at radius 2 is 1.89 bits per heavy atom. The first-order valence-corrected chi connectivity index (χ1v) is 7.22. The van der Waals surface area contributed by atoms with Crippen molar-refractivity contribution in [2.75, 3.05) is 6.54 Å². The SMILES string of the molecule is CC1CCCCC1CN1C(=O)NC(=O)C2(CC2)C1=O. The molecule has 3 rings (SSSR count). The van der Waals surface area contributed by atoms with Crippen molar-refractivity contribution < 1.29 is 14.4 Å². The Balaban J connectivity index is 1.74. The van der Waals surface area contributed by atoms with E-state index in [1.807, 2.05) is 0 Å². The zero-order valence-corrected chi connectivity index (χ0v) is 11.3. The van der Waals surface area contributed by atoms with E-state index in [0.717, 1.165) is 6.42 Å². The summed E-state index contributed by atoms with van der Waals surface area (Å²) >= 11 is 0. The molecule has 2 atom stereocenters. The lowest BCUT2D eigenvalue weighted by atomic mass is 9.80. The Labute approximate surface area is 112 Å². The van der Waals surface area contributed by atoms with Crippen molar-refractivity contribution >= 4 is 17.8 Å². The number of carbonyl (C=O) groups is 3. The van der Waals surface area contributed by atoms with Crippen molar-refractivity contribution in [3.05, 3.63) is 0 Å². The summed E-state index contributed by atoms with van der Waals surface area (Å²) in [5.41, 5.74) is -0.897. The van der Waals surface area contributed by atoms with Crippen molar-refractivity contribution in [2.45, 2.75) is 45.4 Å². The average molecular weight is 264 g/mol. The molecule has 4 amide bonds. The molecule has 1 N–H and O–H groups in total. The molecule has 0 aromatic rings. The van der Waals surface area contributed by atoms with Crippen molar-refractivity contribution in [3.8, 4) is 0 Å². The fraction of sp³-hybridized carbons (Fsp3) is 0.786. The van der Waals surface area contributed by atoms with Crippen LogP contribution < -0.4 is 5.32 Å². The molecule has 104 valence electrons. The van der Waals surface area contributed by atoms with Crippen LogP contribution in [0.15, 0.2) is 0 Å². The summed E-state index contributed by atoms with van der Waals surface area (Å²) in [5, 5.41) is 2.34. The van der Waals surface area contributed by atoms with Crippen LogP contribution in [0, 0.1) is 17.3 Å². The predicted molar refractivity (Wildman–Crippen MR) is 68.0 cm³/mol. The van der Waals surface area contributed by atoms with Crippen LogP contribution in [-0.4, -0.2) is 29.3 Å². The van der Waals surface area contributed by atoms with Gasteiger partial charge in [0.1, 0.15) is 5.41 Å². The molecule has 3 aliphatic rings. The molecule has 1 saturated heterocycles. The third kappa shape index (κ3) is 1.95. The highest BCUT2D eigenvalue weighted by atomic mass is 16.2. The lowest BCUT2D eigenvalue weighted by molar-refractivity contribution is -0.145. The number of nitrogens with one attached hydrogen (secondary N) is 1. The summed E-state index contributed by atoms with van der Waals surface area (Å²) in [6.07, 6.45) is 5.81. The Bertz CT molecular complexity index is 442.